The maximum atomic E-state index is 10.3. The second kappa shape index (κ2) is 5.40. The van der Waals surface area contributed by atoms with Crippen molar-refractivity contribution in [2.45, 2.75) is 25.6 Å². The van der Waals surface area contributed by atoms with Crippen LogP contribution < -0.4 is 4.74 Å². The molecule has 1 aliphatic rings. The van der Waals surface area contributed by atoms with E-state index in [1.54, 1.807) is 0 Å². The molecular weight excluding hydrogens is 340 g/mol. The van der Waals surface area contributed by atoms with Gasteiger partial charge in [0.05, 0.1) is 11.1 Å². The molecule has 0 aromatic heterocycles. The van der Waals surface area contributed by atoms with E-state index in [1.165, 1.54) is 0 Å². The Hall–Kier alpha value is -1.03. The molecule has 2 aromatic carbocycles. The van der Waals surface area contributed by atoms with Crippen molar-refractivity contribution in [3.05, 3.63) is 62.6 Å². The van der Waals surface area contributed by atoms with Gasteiger partial charge >= 0.3 is 0 Å². The maximum absolute atomic E-state index is 10.3. The highest BCUT2D eigenvalue weighted by Crippen LogP contribution is 2.41. The van der Waals surface area contributed by atoms with Gasteiger partial charge in [0.1, 0.15) is 11.9 Å². The third kappa shape index (κ3) is 2.58. The molecule has 2 atom stereocenters. The molecule has 1 heterocycles. The van der Waals surface area contributed by atoms with Gasteiger partial charge in [0, 0.05) is 16.5 Å². The number of hydrogen-bond donors (Lipinski definition) is 1. The standard InChI is InChI=1S/C16H14BrClO2/c1-9-2-5-15-11(6-9)14(19)8-16(20-15)10-3-4-13(18)12(17)7-10/h2-7,14,16,19H,8H2,1H3/t14-,16?/m1/s1. The van der Waals surface area contributed by atoms with Gasteiger partial charge in [0.2, 0.25) is 0 Å². The van der Waals surface area contributed by atoms with Gasteiger partial charge in [-0.15, -0.1) is 0 Å². The Kier molecular flexibility index (Phi) is 3.76. The first-order chi connectivity index (χ1) is 9.54. The van der Waals surface area contributed by atoms with E-state index in [2.05, 4.69) is 15.9 Å². The lowest BCUT2D eigenvalue weighted by Gasteiger charge is -2.30. The average molecular weight is 354 g/mol. The summed E-state index contributed by atoms with van der Waals surface area (Å²) < 4.78 is 6.85. The molecule has 4 heteroatoms. The minimum Gasteiger partial charge on any atom is -0.485 e. The Balaban J connectivity index is 1.94. The molecule has 1 N–H and O–H groups in total. The smallest absolute Gasteiger partial charge is 0.127 e. The van der Waals surface area contributed by atoms with Crippen LogP contribution >= 0.6 is 27.5 Å². The third-order valence-corrected chi connectivity index (χ3v) is 4.76. The second-order valence-electron chi connectivity index (χ2n) is 5.07. The van der Waals surface area contributed by atoms with Gasteiger partial charge in [-0.3, -0.25) is 0 Å². The summed E-state index contributed by atoms with van der Waals surface area (Å²) >= 11 is 9.43. The molecule has 0 bridgehead atoms. The van der Waals surface area contributed by atoms with Crippen LogP contribution in [0.4, 0.5) is 0 Å². The van der Waals surface area contributed by atoms with Crippen LogP contribution in [0, 0.1) is 6.92 Å². The molecule has 0 aliphatic carbocycles. The number of fused-ring (bicyclic) bond motifs is 1. The predicted molar refractivity (Wildman–Crippen MR) is 83.3 cm³/mol. The van der Waals surface area contributed by atoms with E-state index in [1.807, 2.05) is 43.3 Å². The molecule has 0 spiro atoms. The Morgan fingerprint density at radius 2 is 2.05 bits per heavy atom. The van der Waals surface area contributed by atoms with Crippen molar-refractivity contribution < 1.29 is 9.84 Å². The van der Waals surface area contributed by atoms with Gasteiger partial charge in [-0.05, 0) is 52.7 Å². The molecule has 1 unspecified atom stereocenters. The zero-order valence-corrected chi connectivity index (χ0v) is 13.3. The summed E-state index contributed by atoms with van der Waals surface area (Å²) in [6.07, 6.45) is -0.114. The summed E-state index contributed by atoms with van der Waals surface area (Å²) in [6.45, 7) is 2.01. The van der Waals surface area contributed by atoms with Crippen molar-refractivity contribution in [2.75, 3.05) is 0 Å². The highest BCUT2D eigenvalue weighted by atomic mass is 79.9. The molecule has 2 aromatic rings. The maximum Gasteiger partial charge on any atom is 0.127 e. The summed E-state index contributed by atoms with van der Waals surface area (Å²) in [7, 11) is 0. The van der Waals surface area contributed by atoms with Crippen LogP contribution in [0.1, 0.15) is 35.3 Å². The number of hydrogen-bond acceptors (Lipinski definition) is 2. The molecule has 104 valence electrons. The Morgan fingerprint density at radius 1 is 1.25 bits per heavy atom. The Labute approximate surface area is 131 Å². The van der Waals surface area contributed by atoms with E-state index in [9.17, 15) is 5.11 Å². The van der Waals surface area contributed by atoms with E-state index < -0.39 is 6.10 Å². The van der Waals surface area contributed by atoms with E-state index >= 15 is 0 Å². The summed E-state index contributed by atoms with van der Waals surface area (Å²) in [5, 5.41) is 11.0. The Bertz CT molecular complexity index is 657. The fraction of sp³-hybridized carbons (Fsp3) is 0.250. The first kappa shape index (κ1) is 13.9. The molecule has 20 heavy (non-hydrogen) atoms. The number of aliphatic hydroxyl groups excluding tert-OH is 1. The summed E-state index contributed by atoms with van der Waals surface area (Å²) in [4.78, 5) is 0. The number of aliphatic hydroxyl groups is 1. The summed E-state index contributed by atoms with van der Waals surface area (Å²) in [5.74, 6) is 0.755. The molecule has 2 nitrogen and oxygen atoms in total. The summed E-state index contributed by atoms with van der Waals surface area (Å²) in [6, 6.07) is 11.6. The van der Waals surface area contributed by atoms with Gasteiger partial charge in [-0.1, -0.05) is 29.3 Å². The van der Waals surface area contributed by atoms with Crippen LogP contribution in [0.5, 0.6) is 5.75 Å². The van der Waals surface area contributed by atoms with Crippen molar-refractivity contribution >= 4 is 27.5 Å². The van der Waals surface area contributed by atoms with Crippen molar-refractivity contribution in [3.63, 3.8) is 0 Å². The SMILES string of the molecule is Cc1ccc2c(c1)[C@H](O)CC(c1ccc(Cl)c(Br)c1)O2. The van der Waals surface area contributed by atoms with E-state index in [4.69, 9.17) is 16.3 Å². The normalized spacial score (nSPS) is 21.2. The molecule has 0 saturated carbocycles. The highest BCUT2D eigenvalue weighted by molar-refractivity contribution is 9.10. The number of rotatable bonds is 1. The number of benzene rings is 2. The van der Waals surface area contributed by atoms with Crippen molar-refractivity contribution in [1.82, 2.24) is 0 Å². The zero-order chi connectivity index (χ0) is 14.3. The number of halogens is 2. The summed E-state index contributed by atoms with van der Waals surface area (Å²) in [5.41, 5.74) is 3.00. The van der Waals surface area contributed by atoms with Crippen molar-refractivity contribution in [1.29, 1.82) is 0 Å². The lowest BCUT2D eigenvalue weighted by atomic mass is 9.94. The quantitative estimate of drug-likeness (QED) is 0.784. The number of ether oxygens (including phenoxy) is 1. The molecule has 0 amide bonds. The fourth-order valence-corrected chi connectivity index (χ4v) is 3.00. The second-order valence-corrected chi connectivity index (χ2v) is 6.33. The van der Waals surface area contributed by atoms with Gasteiger partial charge in [0.25, 0.3) is 0 Å². The fourth-order valence-electron chi connectivity index (χ4n) is 2.48. The van der Waals surface area contributed by atoms with Gasteiger partial charge < -0.3 is 9.84 Å². The predicted octanol–water partition coefficient (Wildman–Crippen LogP) is 4.97. The van der Waals surface area contributed by atoms with E-state index in [-0.39, 0.29) is 6.10 Å². The number of aryl methyl sites for hydroxylation is 1. The molecular formula is C16H14BrClO2. The van der Waals surface area contributed by atoms with Crippen LogP contribution in [0.2, 0.25) is 5.02 Å². The van der Waals surface area contributed by atoms with E-state index in [0.29, 0.717) is 11.4 Å². The third-order valence-electron chi connectivity index (χ3n) is 3.55. The monoisotopic (exact) mass is 352 g/mol. The Morgan fingerprint density at radius 3 is 2.80 bits per heavy atom. The minimum absolute atomic E-state index is 0.159. The topological polar surface area (TPSA) is 29.5 Å². The molecule has 0 saturated heterocycles. The van der Waals surface area contributed by atoms with Gasteiger partial charge in [-0.2, -0.15) is 0 Å². The molecule has 3 rings (SSSR count). The van der Waals surface area contributed by atoms with Crippen LogP contribution in [-0.2, 0) is 0 Å². The lowest BCUT2D eigenvalue weighted by molar-refractivity contribution is 0.0656. The van der Waals surface area contributed by atoms with Crippen LogP contribution in [0.15, 0.2) is 40.9 Å². The first-order valence-corrected chi connectivity index (χ1v) is 7.62. The van der Waals surface area contributed by atoms with Crippen molar-refractivity contribution in [3.8, 4) is 5.75 Å². The van der Waals surface area contributed by atoms with Crippen LogP contribution in [0.25, 0.3) is 0 Å². The average Bonchev–Trinajstić information content (AvgIpc) is 2.42. The van der Waals surface area contributed by atoms with Crippen molar-refractivity contribution in [2.24, 2.45) is 0 Å². The highest BCUT2D eigenvalue weighted by Gasteiger charge is 2.28. The van der Waals surface area contributed by atoms with Gasteiger partial charge in [-0.25, -0.2) is 0 Å². The molecule has 0 fully saturated rings. The van der Waals surface area contributed by atoms with Crippen LogP contribution in [-0.4, -0.2) is 5.11 Å². The van der Waals surface area contributed by atoms with E-state index in [0.717, 1.165) is 26.9 Å². The molecule has 0 radical (unpaired) electrons. The first-order valence-electron chi connectivity index (χ1n) is 6.45. The lowest BCUT2D eigenvalue weighted by Crippen LogP contribution is -2.19. The molecule has 1 aliphatic heterocycles. The largest absolute Gasteiger partial charge is 0.485 e. The zero-order valence-electron chi connectivity index (χ0n) is 10.9. The van der Waals surface area contributed by atoms with Gasteiger partial charge in [0.15, 0.2) is 0 Å². The van der Waals surface area contributed by atoms with Crippen LogP contribution in [0.3, 0.4) is 0 Å². The minimum atomic E-state index is -0.502.